The Morgan fingerprint density at radius 2 is 0.786 bits per heavy atom. The molecule has 1 heterocycles. The fourth-order valence-electron chi connectivity index (χ4n) is 7.12. The van der Waals surface area contributed by atoms with E-state index in [-0.39, 0.29) is 31.5 Å². The molecule has 5 radical (unpaired) electrons. The number of para-hydroxylation sites is 2. The minimum Gasteiger partial charge on any atom is -0.311 e. The summed E-state index contributed by atoms with van der Waals surface area (Å²) < 4.78 is 2.36. The summed E-state index contributed by atoms with van der Waals surface area (Å²) in [5.74, 6) is 0. The summed E-state index contributed by atoms with van der Waals surface area (Å²) in [6.07, 6.45) is 0. The average Bonchev–Trinajstić information content (AvgIpc) is 3.59. The second-order valence-electron chi connectivity index (χ2n) is 13.3. The summed E-state index contributed by atoms with van der Waals surface area (Å²) in [7, 11) is 12.9. The van der Waals surface area contributed by atoms with E-state index in [1.165, 1.54) is 60.9 Å². The molecule has 56 heavy (non-hydrogen) atoms. The van der Waals surface area contributed by atoms with Crippen LogP contribution in [0.3, 0.4) is 0 Å². The number of aromatic nitrogens is 1. The molecule has 0 bridgehead atoms. The van der Waals surface area contributed by atoms with Crippen molar-refractivity contribution in [3.63, 3.8) is 0 Å². The summed E-state index contributed by atoms with van der Waals surface area (Å²) in [5, 5.41) is 2.62. The summed E-state index contributed by atoms with van der Waals surface area (Å²) in [5.41, 5.74) is 14.1. The van der Waals surface area contributed by atoms with Crippen LogP contribution >= 0.6 is 17.7 Å². The van der Waals surface area contributed by atoms with Crippen molar-refractivity contribution < 1.29 is 0 Å². The zero-order chi connectivity index (χ0) is 37.6. The molecule has 0 fully saturated rings. The molecule has 1 aromatic heterocycles. The monoisotopic (exact) mass is 949 g/mol. The molecule has 0 aliphatic rings. The third-order valence-electron chi connectivity index (χ3n) is 9.80. The van der Waals surface area contributed by atoms with Crippen LogP contribution in [0.25, 0.3) is 60.9 Å². The number of hydrogen-bond donors (Lipinski definition) is 0. The fourth-order valence-corrected chi connectivity index (χ4v) is 7.12. The third kappa shape index (κ3) is 8.63. The molecule has 3 unspecified atom stereocenters. The van der Waals surface area contributed by atoms with Crippen molar-refractivity contribution in [1.82, 2.24) is 4.57 Å². The fraction of sp³-hybridized carbons (Fsp3) is 0.0204. The molecule has 0 N–H and O–H groups in total. The molecular weight excluding hydrogens is 909 g/mol. The first-order valence-corrected chi connectivity index (χ1v) is 20.2. The molecular formula is C49H40B2BiN2P2. The maximum atomic E-state index is 5.14. The van der Waals surface area contributed by atoms with Crippen LogP contribution in [0.4, 0.5) is 17.1 Å². The van der Waals surface area contributed by atoms with Crippen molar-refractivity contribution >= 4 is 98.2 Å². The Labute approximate surface area is 355 Å². The minimum absolute atomic E-state index is 0. The van der Waals surface area contributed by atoms with Gasteiger partial charge in [-0.25, -0.2) is 0 Å². The smallest absolute Gasteiger partial charge is 0.0541 e. The van der Waals surface area contributed by atoms with E-state index in [0.29, 0.717) is 8.46 Å². The van der Waals surface area contributed by atoms with Crippen molar-refractivity contribution in [3.05, 3.63) is 206 Å². The number of anilines is 3. The number of hydrogen-bond acceptors (Lipinski definition) is 1. The topological polar surface area (TPSA) is 8.17 Å². The molecule has 9 rings (SSSR count). The van der Waals surface area contributed by atoms with Crippen LogP contribution < -0.4 is 4.90 Å². The SMILES string of the molecule is [B]PC([B])P.[BiH2].c1ccc(-c2ccc(N(c3ccc(-c4ccccc4)cc3)c3ccc(-c4ccc5c(c4)c4ccccc4n5-c4ccccc4)cc3)cc2)cc1. The number of rotatable bonds is 8. The van der Waals surface area contributed by atoms with Crippen molar-refractivity contribution in [3.8, 4) is 39.1 Å². The van der Waals surface area contributed by atoms with Crippen LogP contribution in [0, 0.1) is 0 Å². The van der Waals surface area contributed by atoms with Crippen molar-refractivity contribution in [2.45, 2.75) is 5.30 Å². The summed E-state index contributed by atoms with van der Waals surface area (Å²) >= 11 is 0. The Balaban J connectivity index is 0.000000755. The van der Waals surface area contributed by atoms with Gasteiger partial charge < -0.3 is 9.47 Å². The van der Waals surface area contributed by atoms with Gasteiger partial charge >= 0.3 is 26.2 Å². The number of nitrogens with zero attached hydrogens (tertiary/aromatic N) is 2. The quantitative estimate of drug-likeness (QED) is 0.109. The normalized spacial score (nSPS) is 11.5. The molecule has 9 aromatic rings. The van der Waals surface area contributed by atoms with Crippen LogP contribution in [-0.4, -0.2) is 51.5 Å². The maximum Gasteiger partial charge on any atom is 0.0541 e. The van der Waals surface area contributed by atoms with Gasteiger partial charge in [0.2, 0.25) is 0 Å². The molecule has 0 spiro atoms. The van der Waals surface area contributed by atoms with Gasteiger partial charge in [0.05, 0.1) is 18.9 Å². The molecule has 0 amide bonds. The Morgan fingerprint density at radius 1 is 0.429 bits per heavy atom. The van der Waals surface area contributed by atoms with Crippen molar-refractivity contribution in [2.24, 2.45) is 0 Å². The Bertz CT molecular complexity index is 2550. The average molecular weight is 949 g/mol. The first kappa shape index (κ1) is 39.5. The molecule has 0 saturated heterocycles. The molecule has 7 heteroatoms. The van der Waals surface area contributed by atoms with E-state index in [0.717, 1.165) is 17.1 Å². The van der Waals surface area contributed by atoms with Crippen molar-refractivity contribution in [2.75, 3.05) is 4.90 Å². The van der Waals surface area contributed by atoms with E-state index >= 15 is 0 Å². The maximum absolute atomic E-state index is 5.14. The van der Waals surface area contributed by atoms with E-state index < -0.39 is 0 Å². The number of fused-ring (bicyclic) bond motifs is 3. The minimum atomic E-state index is 0. The van der Waals surface area contributed by atoms with Crippen LogP contribution in [0.15, 0.2) is 206 Å². The zero-order valence-electron chi connectivity index (χ0n) is 30.9. The van der Waals surface area contributed by atoms with E-state index in [1.54, 1.807) is 0 Å². The first-order valence-electron chi connectivity index (χ1n) is 18.3. The Morgan fingerprint density at radius 3 is 1.25 bits per heavy atom. The van der Waals surface area contributed by atoms with E-state index in [2.05, 4.69) is 225 Å². The Hall–Kier alpha value is -4.77. The second kappa shape index (κ2) is 18.5. The molecule has 0 saturated carbocycles. The van der Waals surface area contributed by atoms with Gasteiger partial charge in [0.25, 0.3) is 0 Å². The summed E-state index contributed by atoms with van der Waals surface area (Å²) in [6, 6.07) is 74.0. The zero-order valence-corrected chi connectivity index (χ0v) is 37.6. The van der Waals surface area contributed by atoms with Crippen LogP contribution in [0.5, 0.6) is 0 Å². The van der Waals surface area contributed by atoms with Gasteiger partial charge in [-0.1, -0.05) is 145 Å². The molecule has 3 atom stereocenters. The second-order valence-corrected chi connectivity index (χ2v) is 15.7. The van der Waals surface area contributed by atoms with Crippen LogP contribution in [-0.2, 0) is 0 Å². The number of benzene rings is 8. The van der Waals surface area contributed by atoms with Crippen LogP contribution in [0.1, 0.15) is 0 Å². The molecule has 8 aromatic carbocycles. The first-order chi connectivity index (χ1) is 27.1. The molecule has 0 aliphatic heterocycles. The van der Waals surface area contributed by atoms with E-state index in [1.807, 2.05) is 0 Å². The molecule has 2 nitrogen and oxygen atoms in total. The van der Waals surface area contributed by atoms with Gasteiger partial charge in [-0.05, 0) is 100 Å². The predicted octanol–water partition coefficient (Wildman–Crippen LogP) is 12.4. The summed E-state index contributed by atoms with van der Waals surface area (Å²) in [4.78, 5) is 2.34. The summed E-state index contributed by atoms with van der Waals surface area (Å²) in [6.45, 7) is 0. The third-order valence-corrected chi connectivity index (χ3v) is 10.8. The van der Waals surface area contributed by atoms with Gasteiger partial charge in [-0.2, -0.15) is 8.46 Å². The van der Waals surface area contributed by atoms with E-state index in [4.69, 9.17) is 15.4 Å². The van der Waals surface area contributed by atoms with Crippen molar-refractivity contribution in [1.29, 1.82) is 0 Å². The predicted molar refractivity (Wildman–Crippen MR) is 254 cm³/mol. The van der Waals surface area contributed by atoms with Gasteiger partial charge in [0.15, 0.2) is 0 Å². The van der Waals surface area contributed by atoms with Gasteiger partial charge in [-0.15, -0.1) is 9.24 Å². The van der Waals surface area contributed by atoms with E-state index in [9.17, 15) is 0 Å². The van der Waals surface area contributed by atoms with Gasteiger partial charge in [0, 0.05) is 33.5 Å². The standard InChI is InChI=1S/C48H34N2.CH4B2P2.Bi.2H/c1-4-12-35(13-5-1)37-20-27-42(28-21-37)49(43-29-22-38(23-30-43)36-14-6-2-7-15-36)44-31-24-39(25-32-44)40-26-33-48-46(34-40)45-18-10-11-19-47(45)50(48)41-16-8-3-9-17-41;2-1(4)5-3;;;/h1-34H;1,5H,4H2;;;. The van der Waals surface area contributed by atoms with Crippen LogP contribution in [0.2, 0.25) is 0 Å². The molecule has 267 valence electrons. The molecule has 0 aliphatic carbocycles. The Kier molecular flexibility index (Phi) is 13.0. The largest absolute Gasteiger partial charge is 0.311 e. The van der Waals surface area contributed by atoms with Gasteiger partial charge in [-0.3, -0.25) is 0 Å². The van der Waals surface area contributed by atoms with Gasteiger partial charge in [0.1, 0.15) is 7.57 Å².